The lowest BCUT2D eigenvalue weighted by molar-refractivity contribution is -0.136. The summed E-state index contributed by atoms with van der Waals surface area (Å²) in [5, 5.41) is 3.34. The number of halogens is 1. The van der Waals surface area contributed by atoms with Crippen LogP contribution in [0.15, 0.2) is 53.3 Å². The van der Waals surface area contributed by atoms with Crippen LogP contribution in [-0.2, 0) is 27.0 Å². The first-order valence-corrected chi connectivity index (χ1v) is 24.1. The molecule has 12 rings (SSSR count). The molecule has 7 aliphatic heterocycles. The number of nitrogens with zero attached hydrogens (tertiary/aromatic N) is 6. The summed E-state index contributed by atoms with van der Waals surface area (Å²) in [4.78, 5) is 78.3. The Balaban J connectivity index is 0.669. The van der Waals surface area contributed by atoms with Gasteiger partial charge in [0, 0.05) is 60.7 Å². The van der Waals surface area contributed by atoms with Crippen LogP contribution in [-0.4, -0.2) is 111 Å². The summed E-state index contributed by atoms with van der Waals surface area (Å²) in [5.41, 5.74) is 6.50. The number of carbonyl (C=O) groups is 4. The zero-order valence-electron chi connectivity index (χ0n) is 36.2. The summed E-state index contributed by atoms with van der Waals surface area (Å²) in [5.74, 6) is 1.19. The molecule has 1 N–H and O–H groups in total. The molecule has 0 bridgehead atoms. The number of imide groups is 1. The highest BCUT2D eigenvalue weighted by Gasteiger charge is 2.50. The van der Waals surface area contributed by atoms with Crippen LogP contribution in [0.3, 0.4) is 0 Å². The van der Waals surface area contributed by atoms with Crippen molar-refractivity contribution in [3.05, 3.63) is 97.5 Å². The summed E-state index contributed by atoms with van der Waals surface area (Å²) in [6.07, 6.45) is 11.7. The minimum atomic E-state index is -0.665. The van der Waals surface area contributed by atoms with Crippen LogP contribution in [0.1, 0.15) is 128 Å². The first kappa shape index (κ1) is 40.3. The third kappa shape index (κ3) is 6.12. The maximum atomic E-state index is 14.0. The van der Waals surface area contributed by atoms with Gasteiger partial charge in [-0.25, -0.2) is 4.79 Å². The van der Waals surface area contributed by atoms with Gasteiger partial charge in [-0.15, -0.1) is 0 Å². The van der Waals surface area contributed by atoms with Gasteiger partial charge >= 0.3 is 6.03 Å². The van der Waals surface area contributed by atoms with Crippen LogP contribution in [0.4, 0.5) is 4.79 Å². The third-order valence-corrected chi connectivity index (χ3v) is 17.1. The second-order valence-electron chi connectivity index (χ2n) is 19.9. The van der Waals surface area contributed by atoms with E-state index in [0.29, 0.717) is 60.6 Å². The van der Waals surface area contributed by atoms with Crippen molar-refractivity contribution in [2.45, 2.75) is 119 Å². The van der Waals surface area contributed by atoms with Crippen molar-refractivity contribution >= 4 is 46.3 Å². The van der Waals surface area contributed by atoms with E-state index in [-0.39, 0.29) is 40.7 Å². The first-order chi connectivity index (χ1) is 31.1. The molecule has 1 aromatic heterocycles. The molecule has 8 aliphatic rings. The number of amides is 5. The summed E-state index contributed by atoms with van der Waals surface area (Å²) in [7, 11) is 0. The van der Waals surface area contributed by atoms with Gasteiger partial charge in [0.1, 0.15) is 17.6 Å². The molecule has 1 atom stereocenters. The molecule has 1 saturated carbocycles. The lowest BCUT2D eigenvalue weighted by Gasteiger charge is -2.44. The first-order valence-electron chi connectivity index (χ1n) is 23.7. The van der Waals surface area contributed by atoms with E-state index in [9.17, 15) is 24.0 Å². The molecule has 13 nitrogen and oxygen atoms in total. The average Bonchev–Trinajstić information content (AvgIpc) is 3.93. The normalized spacial score (nSPS) is 24.2. The number of piperidine rings is 4. The molecule has 5 fully saturated rings. The molecule has 1 aliphatic carbocycles. The SMILES string of the molecule is O=C1CC[C@H](N2Cc3c(ccc4c3OCC43CCN(C(=O)N4CCC(N5CCC(c6ccc7c(c6)-n6c(nc(=O)c8c(Cl)cccc86)C76CCCCC6)CC5)CC4)CC3)C2=O)C(=O)N1. The van der Waals surface area contributed by atoms with E-state index in [0.717, 1.165) is 119 Å². The molecule has 3 aromatic carbocycles. The number of urea groups is 1. The second kappa shape index (κ2) is 15.2. The standard InChI is InChI=1S/C50H54ClN7O6/c51-37-5-4-6-38-42(37)45(61)53-47-50(17-2-1-3-18-50)35-9-7-31(27-40(35)58(38)47)30-13-21-54(22-14-30)32-15-23-55(24-16-32)48(63)56-25-19-49(20-26-56)29-64-43-34-28-57(39-11-12-41(59)52-44(39)60)46(62)33(34)8-10-36(43)49/h4-10,27,30,32,39H,1-3,11-26,28-29H2,(H,52,59,60)/t39-/m0/s1. The fraction of sp³-hybridized carbons (Fsp3) is 0.520. The second-order valence-corrected chi connectivity index (χ2v) is 20.3. The van der Waals surface area contributed by atoms with Crippen molar-refractivity contribution in [1.82, 2.24) is 34.5 Å². The van der Waals surface area contributed by atoms with E-state index in [1.165, 1.54) is 23.2 Å². The number of nitrogens with one attached hydrogen (secondary N) is 1. The lowest BCUT2D eigenvalue weighted by atomic mass is 9.69. The van der Waals surface area contributed by atoms with E-state index >= 15 is 0 Å². The monoisotopic (exact) mass is 883 g/mol. The topological polar surface area (TPSA) is 137 Å². The Morgan fingerprint density at radius 1 is 0.812 bits per heavy atom. The van der Waals surface area contributed by atoms with Crippen LogP contribution in [0.25, 0.3) is 16.6 Å². The molecule has 4 aromatic rings. The van der Waals surface area contributed by atoms with Crippen molar-refractivity contribution in [3.63, 3.8) is 0 Å². The number of ether oxygens (including phenoxy) is 1. The minimum absolute atomic E-state index is 0.133. The molecule has 2 spiro atoms. The van der Waals surface area contributed by atoms with E-state index in [1.54, 1.807) is 11.0 Å². The van der Waals surface area contributed by atoms with Gasteiger partial charge in [-0.3, -0.25) is 29.1 Å². The predicted molar refractivity (Wildman–Crippen MR) is 240 cm³/mol. The van der Waals surface area contributed by atoms with E-state index in [4.69, 9.17) is 21.3 Å². The molecule has 0 unspecified atom stereocenters. The van der Waals surface area contributed by atoms with E-state index in [2.05, 4.69) is 37.9 Å². The minimum Gasteiger partial charge on any atom is -0.492 e. The average molecular weight is 884 g/mol. The van der Waals surface area contributed by atoms with Gasteiger partial charge in [0.05, 0.1) is 40.2 Å². The van der Waals surface area contributed by atoms with Crippen molar-refractivity contribution in [2.75, 3.05) is 45.9 Å². The van der Waals surface area contributed by atoms with Gasteiger partial charge in [0.15, 0.2) is 0 Å². The number of aromatic nitrogens is 2. The van der Waals surface area contributed by atoms with Crippen molar-refractivity contribution in [2.24, 2.45) is 0 Å². The number of hydrogen-bond donors (Lipinski definition) is 1. The number of rotatable bonds is 3. The summed E-state index contributed by atoms with van der Waals surface area (Å²) in [6, 6.07) is 16.7. The van der Waals surface area contributed by atoms with E-state index in [1.807, 2.05) is 29.2 Å². The number of carbonyl (C=O) groups excluding carboxylic acids is 4. The van der Waals surface area contributed by atoms with Gasteiger partial charge in [0.25, 0.3) is 11.5 Å². The van der Waals surface area contributed by atoms with Gasteiger partial charge in [-0.1, -0.05) is 55.1 Å². The van der Waals surface area contributed by atoms with Crippen LogP contribution in [0, 0.1) is 0 Å². The Hall–Kier alpha value is -5.27. The predicted octanol–water partition coefficient (Wildman–Crippen LogP) is 6.55. The Morgan fingerprint density at radius 3 is 2.33 bits per heavy atom. The highest BCUT2D eigenvalue weighted by molar-refractivity contribution is 6.35. The zero-order chi connectivity index (χ0) is 43.5. The van der Waals surface area contributed by atoms with Crippen LogP contribution >= 0.6 is 11.6 Å². The molecule has 14 heteroatoms. The maximum Gasteiger partial charge on any atom is 0.320 e. The maximum absolute atomic E-state index is 14.0. The van der Waals surface area contributed by atoms with Crippen LogP contribution in [0.2, 0.25) is 5.02 Å². The van der Waals surface area contributed by atoms with E-state index < -0.39 is 11.9 Å². The fourth-order valence-corrected chi connectivity index (χ4v) is 13.4. The molecular weight excluding hydrogens is 830 g/mol. The van der Waals surface area contributed by atoms with Gasteiger partial charge in [0.2, 0.25) is 11.8 Å². The molecule has 64 heavy (non-hydrogen) atoms. The van der Waals surface area contributed by atoms with Crippen LogP contribution < -0.4 is 15.6 Å². The van der Waals surface area contributed by atoms with Crippen LogP contribution in [0.5, 0.6) is 5.75 Å². The smallest absolute Gasteiger partial charge is 0.320 e. The van der Waals surface area contributed by atoms with Crippen molar-refractivity contribution < 1.29 is 23.9 Å². The molecule has 4 saturated heterocycles. The van der Waals surface area contributed by atoms with Gasteiger partial charge in [-0.05, 0) is 112 Å². The highest BCUT2D eigenvalue weighted by atomic mass is 35.5. The number of hydrogen-bond acceptors (Lipinski definition) is 8. The van der Waals surface area contributed by atoms with Gasteiger partial charge < -0.3 is 24.3 Å². The van der Waals surface area contributed by atoms with Crippen molar-refractivity contribution in [3.8, 4) is 11.4 Å². The van der Waals surface area contributed by atoms with Crippen molar-refractivity contribution in [1.29, 1.82) is 0 Å². The Morgan fingerprint density at radius 2 is 1.56 bits per heavy atom. The summed E-state index contributed by atoms with van der Waals surface area (Å²) >= 11 is 6.63. The number of fused-ring (bicyclic) bond motifs is 11. The molecule has 5 amide bonds. The largest absolute Gasteiger partial charge is 0.492 e. The number of likely N-dealkylation sites (tertiary alicyclic amines) is 3. The van der Waals surface area contributed by atoms with Gasteiger partial charge in [-0.2, -0.15) is 4.98 Å². The Labute approximate surface area is 377 Å². The summed E-state index contributed by atoms with van der Waals surface area (Å²) in [6.45, 7) is 5.73. The fourth-order valence-electron chi connectivity index (χ4n) is 13.2. The molecular formula is C50H54ClN7O6. The highest BCUT2D eigenvalue weighted by Crippen LogP contribution is 2.53. The Bertz CT molecular complexity index is 2700. The molecule has 0 radical (unpaired) electrons. The molecule has 332 valence electrons. The molecule has 8 heterocycles. The third-order valence-electron chi connectivity index (χ3n) is 16.8. The quantitative estimate of drug-likeness (QED) is 0.229. The zero-order valence-corrected chi connectivity index (χ0v) is 37.0. The number of benzene rings is 3. The lowest BCUT2D eigenvalue weighted by Crippen LogP contribution is -2.54. The summed E-state index contributed by atoms with van der Waals surface area (Å²) < 4.78 is 8.64. The Kier molecular flexibility index (Phi) is 9.53.